The van der Waals surface area contributed by atoms with Gasteiger partial charge in [0.2, 0.25) is 0 Å². The van der Waals surface area contributed by atoms with E-state index >= 15 is 0 Å². The SMILES string of the molecule is CCOC(=O)C[C@H](N)c1c(F)cccc1F.Cl. The van der Waals surface area contributed by atoms with Crippen LogP contribution in [-0.4, -0.2) is 12.6 Å². The molecule has 2 N–H and O–H groups in total. The molecule has 1 aromatic carbocycles. The van der Waals surface area contributed by atoms with E-state index in [0.717, 1.165) is 12.1 Å². The fourth-order valence-corrected chi connectivity index (χ4v) is 1.37. The summed E-state index contributed by atoms with van der Waals surface area (Å²) in [5.74, 6) is -2.08. The molecule has 3 nitrogen and oxygen atoms in total. The predicted octanol–water partition coefficient (Wildman–Crippen LogP) is 2.34. The minimum atomic E-state index is -1.03. The van der Waals surface area contributed by atoms with Gasteiger partial charge in [0.15, 0.2) is 0 Å². The molecule has 0 amide bonds. The number of esters is 1. The normalized spacial score (nSPS) is 11.5. The van der Waals surface area contributed by atoms with Crippen LogP contribution in [0.2, 0.25) is 0 Å². The van der Waals surface area contributed by atoms with Crippen molar-refractivity contribution < 1.29 is 18.3 Å². The molecule has 0 radical (unpaired) electrons. The molecule has 0 aromatic heterocycles. The number of carbonyl (C=O) groups is 1. The van der Waals surface area contributed by atoms with Gasteiger partial charge in [0, 0.05) is 11.6 Å². The summed E-state index contributed by atoms with van der Waals surface area (Å²) in [6, 6.07) is 2.42. The summed E-state index contributed by atoms with van der Waals surface area (Å²) in [7, 11) is 0. The smallest absolute Gasteiger partial charge is 0.307 e. The van der Waals surface area contributed by atoms with Gasteiger partial charge in [-0.15, -0.1) is 12.4 Å². The van der Waals surface area contributed by atoms with Gasteiger partial charge in [-0.25, -0.2) is 8.78 Å². The largest absolute Gasteiger partial charge is 0.466 e. The molecule has 0 fully saturated rings. The van der Waals surface area contributed by atoms with Crippen molar-refractivity contribution in [1.29, 1.82) is 0 Å². The molecule has 96 valence electrons. The molecule has 0 saturated heterocycles. The standard InChI is InChI=1S/C11H13F2NO2.ClH/c1-2-16-10(15)6-9(14)11-7(12)4-3-5-8(11)13;/h3-5,9H,2,6,14H2,1H3;1H/t9-;/m0./s1. The molecule has 17 heavy (non-hydrogen) atoms. The Morgan fingerprint density at radius 2 is 1.94 bits per heavy atom. The number of hydrogen-bond acceptors (Lipinski definition) is 3. The van der Waals surface area contributed by atoms with Crippen LogP contribution >= 0.6 is 12.4 Å². The van der Waals surface area contributed by atoms with Crippen LogP contribution < -0.4 is 5.73 Å². The molecule has 0 bridgehead atoms. The van der Waals surface area contributed by atoms with Crippen molar-refractivity contribution >= 4 is 18.4 Å². The Balaban J connectivity index is 0.00000256. The topological polar surface area (TPSA) is 52.3 Å². The van der Waals surface area contributed by atoms with Crippen LogP contribution in [0.15, 0.2) is 18.2 Å². The van der Waals surface area contributed by atoms with Crippen LogP contribution in [0.5, 0.6) is 0 Å². The lowest BCUT2D eigenvalue weighted by Gasteiger charge is -2.12. The lowest BCUT2D eigenvalue weighted by Crippen LogP contribution is -2.19. The molecule has 1 aromatic rings. The van der Waals surface area contributed by atoms with Gasteiger partial charge in [-0.3, -0.25) is 4.79 Å². The average molecular weight is 266 g/mol. The van der Waals surface area contributed by atoms with E-state index < -0.39 is 23.6 Å². The second-order valence-electron chi connectivity index (χ2n) is 3.25. The van der Waals surface area contributed by atoms with E-state index in [4.69, 9.17) is 5.73 Å². The van der Waals surface area contributed by atoms with E-state index in [0.29, 0.717) is 0 Å². The Morgan fingerprint density at radius 1 is 1.41 bits per heavy atom. The van der Waals surface area contributed by atoms with E-state index in [-0.39, 0.29) is 31.0 Å². The Labute approximate surface area is 104 Å². The fourth-order valence-electron chi connectivity index (χ4n) is 1.37. The minimum absolute atomic E-state index is 0. The van der Waals surface area contributed by atoms with Gasteiger partial charge in [0.1, 0.15) is 11.6 Å². The third-order valence-corrected chi connectivity index (χ3v) is 2.06. The predicted molar refractivity (Wildman–Crippen MR) is 61.8 cm³/mol. The van der Waals surface area contributed by atoms with Crippen molar-refractivity contribution in [2.75, 3.05) is 6.61 Å². The van der Waals surface area contributed by atoms with Gasteiger partial charge >= 0.3 is 5.97 Å². The molecule has 0 aliphatic carbocycles. The molecule has 1 atom stereocenters. The first kappa shape index (κ1) is 15.8. The zero-order valence-electron chi connectivity index (χ0n) is 9.28. The lowest BCUT2D eigenvalue weighted by molar-refractivity contribution is -0.143. The zero-order chi connectivity index (χ0) is 12.1. The van der Waals surface area contributed by atoms with Gasteiger partial charge in [-0.05, 0) is 19.1 Å². The maximum atomic E-state index is 13.3. The Bertz CT molecular complexity index is 367. The molecular formula is C11H14ClF2NO2. The maximum Gasteiger partial charge on any atom is 0.307 e. The quantitative estimate of drug-likeness (QED) is 0.850. The molecule has 1 rings (SSSR count). The van der Waals surface area contributed by atoms with Crippen LogP contribution in [0.1, 0.15) is 24.9 Å². The molecule has 0 heterocycles. The number of nitrogens with two attached hydrogens (primary N) is 1. The number of ether oxygens (including phenoxy) is 1. The molecule has 0 saturated carbocycles. The highest BCUT2D eigenvalue weighted by Gasteiger charge is 2.19. The number of benzene rings is 1. The van der Waals surface area contributed by atoms with Crippen LogP contribution in [0.4, 0.5) is 8.78 Å². The zero-order valence-corrected chi connectivity index (χ0v) is 10.1. The first-order chi connectivity index (χ1) is 7.56. The van der Waals surface area contributed by atoms with Crippen LogP contribution in [0.3, 0.4) is 0 Å². The first-order valence-corrected chi connectivity index (χ1v) is 4.91. The van der Waals surface area contributed by atoms with E-state index in [2.05, 4.69) is 4.74 Å². The van der Waals surface area contributed by atoms with Crippen molar-refractivity contribution in [3.63, 3.8) is 0 Å². The second kappa shape index (κ2) is 7.19. The van der Waals surface area contributed by atoms with E-state index in [9.17, 15) is 13.6 Å². The summed E-state index contributed by atoms with van der Waals surface area (Å²) in [5, 5.41) is 0. The van der Waals surface area contributed by atoms with E-state index in [1.54, 1.807) is 6.92 Å². The molecule has 6 heteroatoms. The van der Waals surface area contributed by atoms with Crippen molar-refractivity contribution in [3.05, 3.63) is 35.4 Å². The van der Waals surface area contributed by atoms with Crippen LogP contribution in [0.25, 0.3) is 0 Å². The molecule has 0 spiro atoms. The van der Waals surface area contributed by atoms with Gasteiger partial charge in [0.25, 0.3) is 0 Å². The number of halogens is 3. The van der Waals surface area contributed by atoms with Crippen molar-refractivity contribution in [2.24, 2.45) is 5.73 Å². The van der Waals surface area contributed by atoms with Gasteiger partial charge in [-0.2, -0.15) is 0 Å². The summed E-state index contributed by atoms with van der Waals surface area (Å²) < 4.78 is 31.2. The molecular weight excluding hydrogens is 252 g/mol. The first-order valence-electron chi connectivity index (χ1n) is 4.91. The number of hydrogen-bond donors (Lipinski definition) is 1. The highest BCUT2D eigenvalue weighted by molar-refractivity contribution is 5.85. The van der Waals surface area contributed by atoms with E-state index in [1.165, 1.54) is 6.07 Å². The average Bonchev–Trinajstić information content (AvgIpc) is 2.17. The summed E-state index contributed by atoms with van der Waals surface area (Å²) in [4.78, 5) is 11.1. The lowest BCUT2D eigenvalue weighted by atomic mass is 10.0. The monoisotopic (exact) mass is 265 g/mol. The van der Waals surface area contributed by atoms with Gasteiger partial charge in [-0.1, -0.05) is 6.07 Å². The Hall–Kier alpha value is -1.20. The summed E-state index contributed by atoms with van der Waals surface area (Å²) in [6.45, 7) is 1.86. The summed E-state index contributed by atoms with van der Waals surface area (Å²) >= 11 is 0. The van der Waals surface area contributed by atoms with Gasteiger partial charge in [0.05, 0.1) is 13.0 Å². The minimum Gasteiger partial charge on any atom is -0.466 e. The van der Waals surface area contributed by atoms with Gasteiger partial charge < -0.3 is 10.5 Å². The molecule has 0 aliphatic heterocycles. The van der Waals surface area contributed by atoms with Crippen LogP contribution in [0, 0.1) is 11.6 Å². The van der Waals surface area contributed by atoms with Crippen molar-refractivity contribution in [2.45, 2.75) is 19.4 Å². The summed E-state index contributed by atoms with van der Waals surface area (Å²) in [6.07, 6.45) is -0.244. The number of carbonyl (C=O) groups excluding carboxylic acids is 1. The fraction of sp³-hybridized carbons (Fsp3) is 0.364. The highest BCUT2D eigenvalue weighted by atomic mass is 35.5. The van der Waals surface area contributed by atoms with E-state index in [1.807, 2.05) is 0 Å². The van der Waals surface area contributed by atoms with Crippen molar-refractivity contribution in [1.82, 2.24) is 0 Å². The highest BCUT2D eigenvalue weighted by Crippen LogP contribution is 2.21. The Morgan fingerprint density at radius 3 is 2.41 bits per heavy atom. The third kappa shape index (κ3) is 4.28. The van der Waals surface area contributed by atoms with Crippen LogP contribution in [-0.2, 0) is 9.53 Å². The number of rotatable bonds is 4. The summed E-state index contributed by atoms with van der Waals surface area (Å²) in [5.41, 5.74) is 5.27. The third-order valence-electron chi connectivity index (χ3n) is 2.06. The Kier molecular flexibility index (Phi) is 6.68. The molecule has 0 unspecified atom stereocenters. The van der Waals surface area contributed by atoms with Crippen molar-refractivity contribution in [3.8, 4) is 0 Å². The maximum absolute atomic E-state index is 13.3. The second-order valence-corrected chi connectivity index (χ2v) is 3.25. The molecule has 0 aliphatic rings.